The summed E-state index contributed by atoms with van der Waals surface area (Å²) in [6.07, 6.45) is 1.74. The van der Waals surface area contributed by atoms with Crippen molar-refractivity contribution in [2.45, 2.75) is 6.92 Å². The molecule has 33 heavy (non-hydrogen) atoms. The van der Waals surface area contributed by atoms with E-state index in [1.165, 1.54) is 23.0 Å². The monoisotopic (exact) mass is 497 g/mol. The highest BCUT2D eigenvalue weighted by molar-refractivity contribution is 8.18. The number of furan rings is 1. The molecule has 1 saturated heterocycles. The molecule has 0 N–H and O–H groups in total. The number of aliphatic imine (C=N–C) groups is 1. The van der Waals surface area contributed by atoms with E-state index in [2.05, 4.69) is 46.0 Å². The Morgan fingerprint density at radius 2 is 1.79 bits per heavy atom. The summed E-state index contributed by atoms with van der Waals surface area (Å²) in [7, 11) is 0. The van der Waals surface area contributed by atoms with E-state index in [9.17, 15) is 4.79 Å². The molecule has 0 atom stereocenters. The zero-order valence-corrected chi connectivity index (χ0v) is 20.3. The second-order valence-corrected chi connectivity index (χ2v) is 9.80. The van der Waals surface area contributed by atoms with E-state index in [0.29, 0.717) is 26.5 Å². The van der Waals surface area contributed by atoms with Crippen LogP contribution in [0, 0.1) is 6.92 Å². The fourth-order valence-electron chi connectivity index (χ4n) is 3.91. The number of carbonyl (C=O) groups excluding carboxylic acids is 1. The number of hydrogen-bond donors (Lipinski definition) is 0. The Kier molecular flexibility index (Phi) is 6.23. The second-order valence-electron chi connectivity index (χ2n) is 7.95. The van der Waals surface area contributed by atoms with Gasteiger partial charge in [0, 0.05) is 48.5 Å². The van der Waals surface area contributed by atoms with E-state index in [0.717, 1.165) is 36.9 Å². The number of benzene rings is 2. The van der Waals surface area contributed by atoms with E-state index >= 15 is 0 Å². The summed E-state index contributed by atoms with van der Waals surface area (Å²) in [5, 5.41) is 1.83. The average molecular weight is 498 g/mol. The molecule has 0 saturated carbocycles. The van der Waals surface area contributed by atoms with E-state index < -0.39 is 0 Å². The maximum Gasteiger partial charge on any atom is 0.286 e. The van der Waals surface area contributed by atoms with Crippen molar-refractivity contribution in [3.63, 3.8) is 0 Å². The first-order chi connectivity index (χ1) is 16.0. The Labute approximate surface area is 206 Å². The van der Waals surface area contributed by atoms with Crippen molar-refractivity contribution >= 4 is 57.8 Å². The molecule has 1 amide bonds. The van der Waals surface area contributed by atoms with Crippen molar-refractivity contribution in [1.29, 1.82) is 0 Å². The Morgan fingerprint density at radius 3 is 2.55 bits per heavy atom. The maximum atomic E-state index is 12.5. The van der Waals surface area contributed by atoms with Gasteiger partial charge >= 0.3 is 0 Å². The van der Waals surface area contributed by atoms with Crippen molar-refractivity contribution in [2.75, 3.05) is 31.1 Å². The Hall–Kier alpha value is -2.67. The van der Waals surface area contributed by atoms with Crippen LogP contribution in [0.15, 0.2) is 68.9 Å². The number of piperazine rings is 1. The minimum absolute atomic E-state index is 0.237. The molecule has 5 nitrogen and oxygen atoms in total. The van der Waals surface area contributed by atoms with Gasteiger partial charge in [-0.05, 0) is 66.7 Å². The highest BCUT2D eigenvalue weighted by Crippen LogP contribution is 2.34. The first-order valence-electron chi connectivity index (χ1n) is 10.6. The number of amidine groups is 1. The molecule has 2 aromatic carbocycles. The Morgan fingerprint density at radius 1 is 1.00 bits per heavy atom. The van der Waals surface area contributed by atoms with Gasteiger partial charge in [-0.15, -0.1) is 0 Å². The summed E-state index contributed by atoms with van der Waals surface area (Å²) in [5.41, 5.74) is 3.24. The molecule has 3 aromatic rings. The Bertz CT molecular complexity index is 1280. The van der Waals surface area contributed by atoms with Crippen LogP contribution in [-0.4, -0.2) is 42.2 Å². The molecule has 0 unspecified atom stereocenters. The molecule has 0 spiro atoms. The first-order valence-corrected chi connectivity index (χ1v) is 12.2. The molecule has 3 heterocycles. The first kappa shape index (κ1) is 22.1. The van der Waals surface area contributed by atoms with Crippen molar-refractivity contribution in [1.82, 2.24) is 4.90 Å². The van der Waals surface area contributed by atoms with Crippen LogP contribution >= 0.6 is 35.0 Å². The van der Waals surface area contributed by atoms with Gasteiger partial charge in [0.1, 0.15) is 11.5 Å². The lowest BCUT2D eigenvalue weighted by Crippen LogP contribution is -2.47. The molecular formula is C25H21Cl2N3O2S. The van der Waals surface area contributed by atoms with Crippen LogP contribution in [0.2, 0.25) is 10.0 Å². The highest BCUT2D eigenvalue weighted by Gasteiger charge is 2.29. The largest absolute Gasteiger partial charge is 0.457 e. The molecule has 5 rings (SSSR count). The molecule has 0 aliphatic carbocycles. The number of rotatable bonds is 3. The van der Waals surface area contributed by atoms with Crippen LogP contribution in [0.3, 0.4) is 0 Å². The van der Waals surface area contributed by atoms with Crippen molar-refractivity contribution in [2.24, 2.45) is 4.99 Å². The topological polar surface area (TPSA) is 49.0 Å². The summed E-state index contributed by atoms with van der Waals surface area (Å²) in [4.78, 5) is 21.9. The molecule has 8 heteroatoms. The summed E-state index contributed by atoms with van der Waals surface area (Å²) in [6, 6.07) is 17.4. The minimum atomic E-state index is -0.237. The average Bonchev–Trinajstić information content (AvgIpc) is 3.41. The van der Waals surface area contributed by atoms with Crippen molar-refractivity contribution in [3.8, 4) is 11.3 Å². The minimum Gasteiger partial charge on any atom is -0.457 e. The van der Waals surface area contributed by atoms with Gasteiger partial charge in [-0.3, -0.25) is 4.79 Å². The normalized spacial score (nSPS) is 17.7. The van der Waals surface area contributed by atoms with Crippen LogP contribution < -0.4 is 4.90 Å². The summed E-state index contributed by atoms with van der Waals surface area (Å²) in [6.45, 7) is 5.52. The number of thioether (sulfide) groups is 1. The number of amides is 1. The number of aryl methyl sites for hydroxylation is 1. The van der Waals surface area contributed by atoms with Gasteiger partial charge in [0.2, 0.25) is 0 Å². The van der Waals surface area contributed by atoms with Crippen LogP contribution in [0.25, 0.3) is 17.4 Å². The number of anilines is 1. The van der Waals surface area contributed by atoms with E-state index in [4.69, 9.17) is 27.6 Å². The zero-order valence-electron chi connectivity index (χ0n) is 17.9. The molecule has 168 valence electrons. The third-order valence-corrected chi connectivity index (χ3v) is 7.22. The van der Waals surface area contributed by atoms with E-state index in [1.807, 2.05) is 18.2 Å². The fraction of sp³-hybridized carbons (Fsp3) is 0.200. The van der Waals surface area contributed by atoms with Crippen LogP contribution in [0.1, 0.15) is 11.3 Å². The van der Waals surface area contributed by atoms with Gasteiger partial charge in [-0.25, -0.2) is 0 Å². The third kappa shape index (κ3) is 4.83. The predicted octanol–water partition coefficient (Wildman–Crippen LogP) is 6.35. The lowest BCUT2D eigenvalue weighted by atomic mass is 10.2. The third-order valence-electron chi connectivity index (χ3n) is 5.62. The van der Waals surface area contributed by atoms with Gasteiger partial charge in [-0.2, -0.15) is 4.99 Å². The van der Waals surface area contributed by atoms with E-state index in [-0.39, 0.29) is 5.91 Å². The molecule has 1 aromatic heterocycles. The number of nitrogens with zero attached hydrogens (tertiary/aromatic N) is 3. The molecule has 0 radical (unpaired) electrons. The standard InChI is InChI=1S/C25H21Cl2N3O2S/c1-16-3-2-4-18(13-16)29-9-11-30(12-10-29)25-28-24(31)23(33-25)15-19-6-8-22(32-19)20-7-5-17(26)14-21(20)27/h2-8,13-15H,9-12H2,1H3. The molecule has 0 bridgehead atoms. The Balaban J connectivity index is 1.24. The lowest BCUT2D eigenvalue weighted by Gasteiger charge is -2.36. The number of carbonyl (C=O) groups is 1. The smallest absolute Gasteiger partial charge is 0.286 e. The van der Waals surface area contributed by atoms with Crippen molar-refractivity contribution in [3.05, 3.63) is 80.9 Å². The summed E-state index contributed by atoms with van der Waals surface area (Å²) >= 11 is 13.7. The lowest BCUT2D eigenvalue weighted by molar-refractivity contribution is -0.113. The predicted molar refractivity (Wildman–Crippen MR) is 137 cm³/mol. The van der Waals surface area contributed by atoms with Gasteiger partial charge < -0.3 is 14.2 Å². The number of hydrogen-bond acceptors (Lipinski definition) is 5. The fourth-order valence-corrected chi connectivity index (χ4v) is 5.35. The zero-order chi connectivity index (χ0) is 22.9. The van der Waals surface area contributed by atoms with Gasteiger partial charge in [-0.1, -0.05) is 35.3 Å². The highest BCUT2D eigenvalue weighted by atomic mass is 35.5. The molecule has 1 fully saturated rings. The van der Waals surface area contributed by atoms with Crippen molar-refractivity contribution < 1.29 is 9.21 Å². The number of halogens is 2. The maximum absolute atomic E-state index is 12.5. The molecule has 2 aliphatic rings. The van der Waals surface area contributed by atoms with Crippen LogP contribution in [-0.2, 0) is 4.79 Å². The second kappa shape index (κ2) is 9.29. The van der Waals surface area contributed by atoms with Gasteiger partial charge in [0.15, 0.2) is 5.17 Å². The molecular weight excluding hydrogens is 477 g/mol. The van der Waals surface area contributed by atoms with Crippen LogP contribution in [0.4, 0.5) is 5.69 Å². The summed E-state index contributed by atoms with van der Waals surface area (Å²) < 4.78 is 5.91. The van der Waals surface area contributed by atoms with E-state index in [1.54, 1.807) is 18.2 Å². The quantitative estimate of drug-likeness (QED) is 0.394. The molecule has 2 aliphatic heterocycles. The van der Waals surface area contributed by atoms with Crippen LogP contribution in [0.5, 0.6) is 0 Å². The van der Waals surface area contributed by atoms with Gasteiger partial charge in [0.05, 0.1) is 9.93 Å². The summed E-state index contributed by atoms with van der Waals surface area (Å²) in [5.74, 6) is 0.957. The van der Waals surface area contributed by atoms with Gasteiger partial charge in [0.25, 0.3) is 5.91 Å². The SMILES string of the molecule is Cc1cccc(N2CCN(C3=NC(=O)C(=Cc4ccc(-c5ccc(Cl)cc5Cl)o4)S3)CC2)c1.